The summed E-state index contributed by atoms with van der Waals surface area (Å²) in [5.41, 5.74) is 2.37. The molecule has 0 aliphatic heterocycles. The lowest BCUT2D eigenvalue weighted by molar-refractivity contribution is 0.460. The van der Waals surface area contributed by atoms with Gasteiger partial charge in [0.05, 0.1) is 6.26 Å². The van der Waals surface area contributed by atoms with Gasteiger partial charge in [-0.1, -0.05) is 28.1 Å². The Labute approximate surface area is 144 Å². The van der Waals surface area contributed by atoms with Crippen LogP contribution in [0.5, 0.6) is 5.75 Å². The number of benzene rings is 2. The molecule has 2 rings (SSSR count). The van der Waals surface area contributed by atoms with E-state index in [4.69, 9.17) is 0 Å². The molecule has 0 saturated heterocycles. The van der Waals surface area contributed by atoms with Gasteiger partial charge in [0.25, 0.3) is 0 Å². The van der Waals surface area contributed by atoms with Crippen LogP contribution in [0.2, 0.25) is 0 Å². The number of sulfonamides is 1. The largest absolute Gasteiger partial charge is 0.508 e. The van der Waals surface area contributed by atoms with Crippen molar-refractivity contribution >= 4 is 31.6 Å². The Kier molecular flexibility index (Phi) is 5.67. The maximum Gasteiger partial charge on any atom is 0.229 e. The maximum atomic E-state index is 11.2. The van der Waals surface area contributed by atoms with Crippen LogP contribution in [0, 0.1) is 0 Å². The molecule has 23 heavy (non-hydrogen) atoms. The number of hydrogen-bond donors (Lipinski definition) is 3. The molecule has 1 atom stereocenters. The van der Waals surface area contributed by atoms with E-state index in [2.05, 4.69) is 26.0 Å². The smallest absolute Gasteiger partial charge is 0.229 e. The van der Waals surface area contributed by atoms with Crippen LogP contribution in [0.4, 0.5) is 5.69 Å². The Balaban J connectivity index is 2.00. The van der Waals surface area contributed by atoms with Gasteiger partial charge in [0.1, 0.15) is 5.75 Å². The van der Waals surface area contributed by atoms with Gasteiger partial charge >= 0.3 is 0 Å². The van der Waals surface area contributed by atoms with Crippen LogP contribution < -0.4 is 10.0 Å². The molecule has 3 N–H and O–H groups in total. The van der Waals surface area contributed by atoms with Crippen molar-refractivity contribution in [2.45, 2.75) is 19.5 Å². The third-order valence-electron chi connectivity index (χ3n) is 3.35. The quantitative estimate of drug-likeness (QED) is 0.696. The molecule has 0 aliphatic carbocycles. The van der Waals surface area contributed by atoms with Gasteiger partial charge in [-0.05, 0) is 42.8 Å². The fraction of sp³-hybridized carbons (Fsp3) is 0.250. The lowest BCUT2D eigenvalue weighted by atomic mass is 10.1. The molecule has 124 valence electrons. The first-order valence-electron chi connectivity index (χ1n) is 7.03. The fourth-order valence-corrected chi connectivity index (χ4v) is 3.10. The van der Waals surface area contributed by atoms with Crippen LogP contribution in [0.25, 0.3) is 0 Å². The van der Waals surface area contributed by atoms with Gasteiger partial charge in [-0.15, -0.1) is 0 Å². The highest BCUT2D eigenvalue weighted by molar-refractivity contribution is 9.10. The minimum Gasteiger partial charge on any atom is -0.508 e. The molecule has 0 saturated carbocycles. The van der Waals surface area contributed by atoms with Gasteiger partial charge in [0.2, 0.25) is 10.0 Å². The molecule has 0 fully saturated rings. The van der Waals surface area contributed by atoms with Gasteiger partial charge in [-0.25, -0.2) is 8.42 Å². The predicted molar refractivity (Wildman–Crippen MR) is 96.0 cm³/mol. The van der Waals surface area contributed by atoms with Crippen LogP contribution in [0.1, 0.15) is 24.1 Å². The Morgan fingerprint density at radius 2 is 1.83 bits per heavy atom. The summed E-state index contributed by atoms with van der Waals surface area (Å²) >= 11 is 3.39. The van der Waals surface area contributed by atoms with Crippen molar-refractivity contribution in [3.63, 3.8) is 0 Å². The number of hydrogen-bond acceptors (Lipinski definition) is 4. The molecule has 0 bridgehead atoms. The molecular weight excluding hydrogens is 380 g/mol. The Morgan fingerprint density at radius 1 is 1.17 bits per heavy atom. The third-order valence-corrected chi connectivity index (χ3v) is 4.45. The van der Waals surface area contributed by atoms with Crippen molar-refractivity contribution in [1.82, 2.24) is 5.32 Å². The number of rotatable bonds is 6. The lowest BCUT2D eigenvalue weighted by Gasteiger charge is -2.16. The van der Waals surface area contributed by atoms with E-state index < -0.39 is 10.0 Å². The van der Waals surface area contributed by atoms with Crippen molar-refractivity contribution in [1.29, 1.82) is 0 Å². The van der Waals surface area contributed by atoms with Crippen molar-refractivity contribution in [2.24, 2.45) is 0 Å². The highest BCUT2D eigenvalue weighted by Crippen LogP contribution is 2.23. The van der Waals surface area contributed by atoms with E-state index >= 15 is 0 Å². The molecule has 5 nitrogen and oxygen atoms in total. The molecule has 0 unspecified atom stereocenters. The van der Waals surface area contributed by atoms with Crippen molar-refractivity contribution in [3.05, 3.63) is 58.1 Å². The minimum absolute atomic E-state index is 0.0562. The Bertz CT molecular complexity index is 776. The summed E-state index contributed by atoms with van der Waals surface area (Å²) in [7, 11) is -3.26. The van der Waals surface area contributed by atoms with Crippen molar-refractivity contribution in [3.8, 4) is 5.75 Å². The molecule has 0 spiro atoms. The van der Waals surface area contributed by atoms with Crippen molar-refractivity contribution in [2.75, 3.05) is 11.0 Å². The van der Waals surface area contributed by atoms with Gasteiger partial charge in [0.15, 0.2) is 0 Å². The van der Waals surface area contributed by atoms with Crippen LogP contribution >= 0.6 is 15.9 Å². The van der Waals surface area contributed by atoms with E-state index in [1.165, 1.54) is 0 Å². The van der Waals surface area contributed by atoms with E-state index in [1.807, 2.05) is 25.1 Å². The number of phenols is 1. The average molecular weight is 399 g/mol. The zero-order chi connectivity index (χ0) is 17.0. The first kappa shape index (κ1) is 17.8. The zero-order valence-electron chi connectivity index (χ0n) is 12.9. The number of anilines is 1. The number of phenolic OH excluding ortho intramolecular Hbond substituents is 1. The second kappa shape index (κ2) is 7.33. The molecule has 2 aromatic carbocycles. The van der Waals surface area contributed by atoms with Gasteiger partial charge in [-0.3, -0.25) is 4.72 Å². The first-order valence-corrected chi connectivity index (χ1v) is 9.71. The second-order valence-corrected chi connectivity index (χ2v) is 8.04. The summed E-state index contributed by atoms with van der Waals surface area (Å²) in [4.78, 5) is 0. The molecule has 0 amide bonds. The van der Waals surface area contributed by atoms with E-state index in [9.17, 15) is 13.5 Å². The monoisotopic (exact) mass is 398 g/mol. The summed E-state index contributed by atoms with van der Waals surface area (Å²) in [6.45, 7) is 2.53. The van der Waals surface area contributed by atoms with Gasteiger partial charge in [0, 0.05) is 28.3 Å². The molecule has 0 aliphatic rings. The number of halogens is 1. The summed E-state index contributed by atoms with van der Waals surface area (Å²) in [6.07, 6.45) is 1.12. The van der Waals surface area contributed by atoms with E-state index in [1.54, 1.807) is 24.3 Å². The van der Waals surface area contributed by atoms with Gasteiger partial charge in [-0.2, -0.15) is 0 Å². The Hall–Kier alpha value is -1.57. The molecule has 0 aromatic heterocycles. The average Bonchev–Trinajstić information content (AvgIpc) is 2.47. The molecular formula is C16H19BrN2O3S. The zero-order valence-corrected chi connectivity index (χ0v) is 15.3. The maximum absolute atomic E-state index is 11.2. The summed E-state index contributed by atoms with van der Waals surface area (Å²) in [5.74, 6) is 0.251. The van der Waals surface area contributed by atoms with Gasteiger partial charge < -0.3 is 10.4 Å². The normalized spacial score (nSPS) is 12.8. The number of nitrogens with one attached hydrogen (secondary N) is 2. The lowest BCUT2D eigenvalue weighted by Crippen LogP contribution is -2.18. The van der Waals surface area contributed by atoms with Crippen LogP contribution in [-0.2, 0) is 16.6 Å². The van der Waals surface area contributed by atoms with E-state index in [0.717, 1.165) is 21.9 Å². The topological polar surface area (TPSA) is 78.4 Å². The van der Waals surface area contributed by atoms with Crippen molar-refractivity contribution < 1.29 is 13.5 Å². The summed E-state index contributed by atoms with van der Waals surface area (Å²) in [5, 5.41) is 13.2. The molecule has 0 radical (unpaired) electrons. The highest BCUT2D eigenvalue weighted by Gasteiger charge is 2.08. The van der Waals surface area contributed by atoms with E-state index in [0.29, 0.717) is 12.2 Å². The first-order chi connectivity index (χ1) is 10.7. The van der Waals surface area contributed by atoms with Crippen LogP contribution in [0.15, 0.2) is 46.9 Å². The van der Waals surface area contributed by atoms with Crippen LogP contribution in [0.3, 0.4) is 0 Å². The SMILES string of the molecule is C[C@@H](NCc1cc(Br)ccc1O)c1ccc(NS(C)(=O)=O)cc1. The highest BCUT2D eigenvalue weighted by atomic mass is 79.9. The summed E-state index contributed by atoms with van der Waals surface area (Å²) < 4.78 is 25.7. The standard InChI is InChI=1S/C16H19BrN2O3S/c1-11(18-10-13-9-14(17)5-8-16(13)20)12-3-6-15(7-4-12)19-23(2,21)22/h3-9,11,18-20H,10H2,1-2H3/t11-/m1/s1. The fourth-order valence-electron chi connectivity index (χ4n) is 2.13. The molecule has 0 heterocycles. The molecule has 7 heteroatoms. The third kappa shape index (κ3) is 5.53. The Morgan fingerprint density at radius 3 is 2.43 bits per heavy atom. The second-order valence-electron chi connectivity index (χ2n) is 5.37. The molecule has 2 aromatic rings. The predicted octanol–water partition coefficient (Wildman–Crippen LogP) is 3.38. The van der Waals surface area contributed by atoms with Crippen LogP contribution in [-0.4, -0.2) is 19.8 Å². The number of aromatic hydroxyl groups is 1. The van der Waals surface area contributed by atoms with E-state index in [-0.39, 0.29) is 11.8 Å². The summed E-state index contributed by atoms with van der Waals surface area (Å²) in [6, 6.07) is 12.6. The minimum atomic E-state index is -3.26.